The summed E-state index contributed by atoms with van der Waals surface area (Å²) in [5.74, 6) is -2.52. The SMILES string of the molecule is COc1ccc(O)c([C@H]2C3=CC[C@@H]4C(=O)N(C5CCN(Cc6ccccc6)CC5)C(=O)[C@@H]4[C@@H]3CC3=C2C(=O)C(C)=CC3=O)c1. The van der Waals surface area contributed by atoms with E-state index in [1.165, 1.54) is 29.7 Å². The zero-order chi connectivity index (χ0) is 30.7. The van der Waals surface area contributed by atoms with Gasteiger partial charge in [-0.25, -0.2) is 0 Å². The zero-order valence-corrected chi connectivity index (χ0v) is 25.0. The number of piperidine rings is 1. The lowest BCUT2D eigenvalue weighted by molar-refractivity contribution is -0.144. The van der Waals surface area contributed by atoms with Gasteiger partial charge in [0.2, 0.25) is 11.8 Å². The van der Waals surface area contributed by atoms with E-state index in [0.29, 0.717) is 34.5 Å². The van der Waals surface area contributed by atoms with Gasteiger partial charge in [0.05, 0.1) is 18.9 Å². The lowest BCUT2D eigenvalue weighted by atomic mass is 9.59. The number of hydrogen-bond acceptors (Lipinski definition) is 7. The van der Waals surface area contributed by atoms with E-state index in [9.17, 15) is 24.3 Å². The molecule has 0 aromatic heterocycles. The van der Waals surface area contributed by atoms with Crippen LogP contribution in [0.5, 0.6) is 11.5 Å². The van der Waals surface area contributed by atoms with Crippen molar-refractivity contribution in [1.82, 2.24) is 9.80 Å². The minimum Gasteiger partial charge on any atom is -0.508 e. The summed E-state index contributed by atoms with van der Waals surface area (Å²) >= 11 is 0. The van der Waals surface area contributed by atoms with Crippen molar-refractivity contribution in [2.24, 2.45) is 17.8 Å². The molecule has 1 N–H and O–H groups in total. The van der Waals surface area contributed by atoms with Crippen molar-refractivity contribution in [2.75, 3.05) is 20.2 Å². The van der Waals surface area contributed by atoms with Crippen molar-refractivity contribution in [1.29, 1.82) is 0 Å². The second kappa shape index (κ2) is 11.0. The fourth-order valence-corrected chi connectivity index (χ4v) is 8.17. The average Bonchev–Trinajstić information content (AvgIpc) is 3.29. The standard InChI is InChI=1S/C36H36N2O6/c1-20-16-30(40)28-18-26-24(31(33(28)34(20)41)27-17-23(44-2)8-11-29(27)39)9-10-25-32(26)36(43)38(35(25)42)22-12-14-37(15-13-22)19-21-6-4-3-5-7-21/h3-9,11,16-17,22,25-26,31-32,39H,10,12-15,18-19H2,1-2H3/t25-,26+,31+,32-/m0/s1. The zero-order valence-electron chi connectivity index (χ0n) is 25.0. The molecule has 8 nitrogen and oxygen atoms in total. The van der Waals surface area contributed by atoms with Gasteiger partial charge >= 0.3 is 0 Å². The lowest BCUT2D eigenvalue weighted by Crippen LogP contribution is -2.47. The van der Waals surface area contributed by atoms with Gasteiger partial charge in [0, 0.05) is 53.9 Å². The molecule has 8 heteroatoms. The summed E-state index contributed by atoms with van der Waals surface area (Å²) in [4.78, 5) is 59.1. The minimum atomic E-state index is -0.710. The highest BCUT2D eigenvalue weighted by Gasteiger charge is 2.57. The van der Waals surface area contributed by atoms with Crippen LogP contribution in [0.4, 0.5) is 0 Å². The van der Waals surface area contributed by atoms with E-state index >= 15 is 0 Å². The molecule has 5 aliphatic rings. The summed E-state index contributed by atoms with van der Waals surface area (Å²) in [5.41, 5.74) is 3.62. The Bertz CT molecular complexity index is 1660. The first-order chi connectivity index (χ1) is 21.3. The Morgan fingerprint density at radius 1 is 0.955 bits per heavy atom. The Balaban J connectivity index is 1.20. The minimum absolute atomic E-state index is 0.0171. The largest absolute Gasteiger partial charge is 0.508 e. The van der Waals surface area contributed by atoms with Gasteiger partial charge in [0.1, 0.15) is 11.5 Å². The number of phenolic OH excluding ortho intramolecular Hbond substituents is 1. The number of benzene rings is 2. The van der Waals surface area contributed by atoms with E-state index in [4.69, 9.17) is 4.74 Å². The van der Waals surface area contributed by atoms with E-state index in [-0.39, 0.29) is 41.6 Å². The van der Waals surface area contributed by atoms with Crippen molar-refractivity contribution in [3.05, 3.63) is 94.1 Å². The number of amides is 2. The summed E-state index contributed by atoms with van der Waals surface area (Å²) in [6, 6.07) is 15.0. The molecule has 2 fully saturated rings. The maximum absolute atomic E-state index is 14.3. The molecule has 7 rings (SSSR count). The molecule has 0 radical (unpaired) electrons. The molecule has 2 aromatic carbocycles. The Kier molecular flexibility index (Phi) is 7.12. The van der Waals surface area contributed by atoms with Gasteiger partial charge in [-0.2, -0.15) is 0 Å². The Labute approximate surface area is 256 Å². The highest BCUT2D eigenvalue weighted by Crippen LogP contribution is 2.56. The quantitative estimate of drug-likeness (QED) is 0.310. The van der Waals surface area contributed by atoms with Crippen LogP contribution in [0.25, 0.3) is 0 Å². The molecule has 226 valence electrons. The van der Waals surface area contributed by atoms with Crippen molar-refractivity contribution in [3.63, 3.8) is 0 Å². The van der Waals surface area contributed by atoms with Crippen LogP contribution >= 0.6 is 0 Å². The van der Waals surface area contributed by atoms with Crippen LogP contribution in [0.15, 0.2) is 83.0 Å². The van der Waals surface area contributed by atoms with E-state index in [1.807, 2.05) is 24.3 Å². The van der Waals surface area contributed by atoms with E-state index in [0.717, 1.165) is 38.0 Å². The third-order valence-electron chi connectivity index (χ3n) is 10.3. The fraction of sp³-hybridized carbons (Fsp3) is 0.389. The molecule has 3 aliphatic carbocycles. The molecule has 44 heavy (non-hydrogen) atoms. The van der Waals surface area contributed by atoms with Crippen molar-refractivity contribution >= 4 is 23.4 Å². The third-order valence-corrected chi connectivity index (χ3v) is 10.3. The predicted molar refractivity (Wildman–Crippen MR) is 163 cm³/mol. The number of ether oxygens (including phenoxy) is 1. The van der Waals surface area contributed by atoms with Crippen molar-refractivity contribution < 1.29 is 29.0 Å². The summed E-state index contributed by atoms with van der Waals surface area (Å²) in [5, 5.41) is 11.0. The molecule has 2 aromatic rings. The van der Waals surface area contributed by atoms with E-state index in [1.54, 1.807) is 19.1 Å². The molecular weight excluding hydrogens is 556 g/mol. The first-order valence-electron chi connectivity index (χ1n) is 15.5. The van der Waals surface area contributed by atoms with E-state index in [2.05, 4.69) is 17.0 Å². The summed E-state index contributed by atoms with van der Waals surface area (Å²) in [7, 11) is 1.53. The number of phenols is 1. The molecule has 2 saturated heterocycles. The smallest absolute Gasteiger partial charge is 0.233 e. The number of likely N-dealkylation sites (tertiary alicyclic amines) is 2. The highest BCUT2D eigenvalue weighted by atomic mass is 16.5. The number of carbonyl (C=O) groups is 4. The highest BCUT2D eigenvalue weighted by molar-refractivity contribution is 6.24. The molecule has 0 bridgehead atoms. The van der Waals surface area contributed by atoms with Gasteiger partial charge < -0.3 is 9.84 Å². The second-order valence-corrected chi connectivity index (χ2v) is 12.7. The van der Waals surface area contributed by atoms with Crippen LogP contribution in [0.3, 0.4) is 0 Å². The maximum atomic E-state index is 14.3. The molecule has 4 atom stereocenters. The number of Topliss-reactive ketones (excluding diaryl/α,β-unsaturated/α-hetero) is 1. The first-order valence-corrected chi connectivity index (χ1v) is 15.5. The summed E-state index contributed by atoms with van der Waals surface area (Å²) in [6.45, 7) is 4.07. The Morgan fingerprint density at radius 2 is 1.70 bits per heavy atom. The lowest BCUT2D eigenvalue weighted by Gasteiger charge is -2.42. The molecule has 2 amide bonds. The number of carbonyl (C=O) groups excluding carboxylic acids is 4. The molecule has 2 heterocycles. The van der Waals surface area contributed by atoms with Gasteiger partial charge in [-0.15, -0.1) is 0 Å². The van der Waals surface area contributed by atoms with Crippen LogP contribution in [-0.2, 0) is 25.7 Å². The van der Waals surface area contributed by atoms with Crippen LogP contribution in [0, 0.1) is 17.8 Å². The first kappa shape index (κ1) is 28.5. The number of fused-ring (bicyclic) bond motifs is 3. The number of imide groups is 1. The third kappa shape index (κ3) is 4.54. The van der Waals surface area contributed by atoms with Crippen molar-refractivity contribution in [2.45, 2.75) is 51.1 Å². The van der Waals surface area contributed by atoms with Gasteiger partial charge in [0.25, 0.3) is 0 Å². The second-order valence-electron chi connectivity index (χ2n) is 12.7. The van der Waals surface area contributed by atoms with Gasteiger partial charge in [-0.1, -0.05) is 42.0 Å². The van der Waals surface area contributed by atoms with Crippen molar-refractivity contribution in [3.8, 4) is 11.5 Å². The molecule has 2 aliphatic heterocycles. The molecule has 0 saturated carbocycles. The van der Waals surface area contributed by atoms with Crippen LogP contribution in [0.1, 0.15) is 49.7 Å². The number of rotatable bonds is 5. The predicted octanol–water partition coefficient (Wildman–Crippen LogP) is 4.49. The van der Waals surface area contributed by atoms with E-state index < -0.39 is 23.7 Å². The summed E-state index contributed by atoms with van der Waals surface area (Å²) in [6.07, 6.45) is 5.41. The van der Waals surface area contributed by atoms with Crippen LogP contribution in [-0.4, -0.2) is 64.5 Å². The van der Waals surface area contributed by atoms with Gasteiger partial charge in [-0.3, -0.25) is 29.0 Å². The summed E-state index contributed by atoms with van der Waals surface area (Å²) < 4.78 is 5.45. The normalized spacial score (nSPS) is 27.5. The monoisotopic (exact) mass is 592 g/mol. The number of ketones is 2. The number of nitrogens with zero attached hydrogens (tertiary/aromatic N) is 2. The topological polar surface area (TPSA) is 104 Å². The van der Waals surface area contributed by atoms with Crippen LogP contribution in [0.2, 0.25) is 0 Å². The molecule has 0 spiro atoms. The number of methoxy groups -OCH3 is 1. The number of aromatic hydroxyl groups is 1. The molecular formula is C36H36N2O6. The Morgan fingerprint density at radius 3 is 2.43 bits per heavy atom. The number of hydrogen-bond donors (Lipinski definition) is 1. The number of allylic oxidation sites excluding steroid dienone is 6. The van der Waals surface area contributed by atoms with Gasteiger partial charge in [0.15, 0.2) is 11.6 Å². The Hall–Kier alpha value is -4.30. The average molecular weight is 593 g/mol. The maximum Gasteiger partial charge on any atom is 0.233 e. The molecule has 0 unspecified atom stereocenters. The van der Waals surface area contributed by atoms with Crippen LogP contribution < -0.4 is 4.74 Å². The van der Waals surface area contributed by atoms with Gasteiger partial charge in [-0.05, 0) is 68.4 Å². The fourth-order valence-electron chi connectivity index (χ4n) is 8.17.